The van der Waals surface area contributed by atoms with E-state index in [0.717, 1.165) is 17.9 Å². The highest BCUT2D eigenvalue weighted by Gasteiger charge is 2.47. The van der Waals surface area contributed by atoms with Gasteiger partial charge in [-0.15, -0.1) is 0 Å². The van der Waals surface area contributed by atoms with Gasteiger partial charge in [0, 0.05) is 28.7 Å². The monoisotopic (exact) mass is 561 g/mol. The molecule has 4 aromatic carbocycles. The SMILES string of the molecule is CN1C(N2C3=C(C4=C(CNC=C4)c4ccccc42)C(C)(C)c2ccccc23)N=C(c2ccccc2)N[C@H]1c1ccccc1. The third-order valence-electron chi connectivity index (χ3n) is 9.37. The Hall–Kier alpha value is -4.87. The molecule has 0 aromatic heterocycles. The van der Waals surface area contributed by atoms with Gasteiger partial charge in [0.25, 0.3) is 0 Å². The summed E-state index contributed by atoms with van der Waals surface area (Å²) in [5.41, 5.74) is 12.4. The number of nitrogens with zero attached hydrogens (tertiary/aromatic N) is 3. The molecule has 4 aliphatic rings. The first-order valence-corrected chi connectivity index (χ1v) is 15.1. The first-order chi connectivity index (χ1) is 21.0. The zero-order valence-corrected chi connectivity index (χ0v) is 24.8. The van der Waals surface area contributed by atoms with Crippen molar-refractivity contribution in [2.24, 2.45) is 4.99 Å². The topological polar surface area (TPSA) is 42.9 Å². The molecule has 3 aliphatic heterocycles. The van der Waals surface area contributed by atoms with Crippen molar-refractivity contribution in [1.29, 1.82) is 0 Å². The molecule has 2 atom stereocenters. The molecule has 0 saturated heterocycles. The van der Waals surface area contributed by atoms with Crippen LogP contribution in [0.25, 0.3) is 11.3 Å². The van der Waals surface area contributed by atoms with E-state index < -0.39 is 0 Å². The fourth-order valence-corrected chi connectivity index (χ4v) is 7.34. The van der Waals surface area contributed by atoms with Crippen LogP contribution in [0.4, 0.5) is 5.69 Å². The van der Waals surface area contributed by atoms with Gasteiger partial charge in [0.15, 0.2) is 6.29 Å². The van der Waals surface area contributed by atoms with E-state index >= 15 is 0 Å². The molecule has 0 radical (unpaired) electrons. The average Bonchev–Trinajstić information content (AvgIpc) is 3.20. The summed E-state index contributed by atoms with van der Waals surface area (Å²) in [6, 6.07) is 39.0. The molecule has 1 unspecified atom stereocenters. The molecule has 0 spiro atoms. The Morgan fingerprint density at radius 2 is 1.47 bits per heavy atom. The Morgan fingerprint density at radius 1 is 0.791 bits per heavy atom. The fraction of sp³-hybridized carbons (Fsp3) is 0.184. The van der Waals surface area contributed by atoms with Gasteiger partial charge in [0.05, 0.1) is 11.4 Å². The largest absolute Gasteiger partial charge is 0.387 e. The highest BCUT2D eigenvalue weighted by molar-refractivity contribution is 6.03. The zero-order valence-electron chi connectivity index (χ0n) is 24.8. The van der Waals surface area contributed by atoms with Gasteiger partial charge in [-0.2, -0.15) is 0 Å². The van der Waals surface area contributed by atoms with Crippen LogP contribution in [-0.4, -0.2) is 30.6 Å². The summed E-state index contributed by atoms with van der Waals surface area (Å²) in [7, 11) is 2.19. The van der Waals surface area contributed by atoms with Crippen molar-refractivity contribution in [2.75, 3.05) is 18.5 Å². The minimum Gasteiger partial charge on any atom is -0.387 e. The van der Waals surface area contributed by atoms with Gasteiger partial charge in [0.1, 0.15) is 12.0 Å². The summed E-state index contributed by atoms with van der Waals surface area (Å²) in [5.74, 6) is 0.895. The molecule has 5 nitrogen and oxygen atoms in total. The summed E-state index contributed by atoms with van der Waals surface area (Å²) in [5, 5.41) is 7.30. The van der Waals surface area contributed by atoms with E-state index in [4.69, 9.17) is 4.99 Å². The van der Waals surface area contributed by atoms with E-state index in [1.807, 2.05) is 0 Å². The second kappa shape index (κ2) is 9.85. The Kier molecular flexibility index (Phi) is 5.92. The second-order valence-electron chi connectivity index (χ2n) is 12.2. The first-order valence-electron chi connectivity index (χ1n) is 15.1. The number of hydrogen-bond donors (Lipinski definition) is 2. The van der Waals surface area contributed by atoms with Gasteiger partial charge in [0.2, 0.25) is 0 Å². The molecule has 2 N–H and O–H groups in total. The number of amidine groups is 1. The summed E-state index contributed by atoms with van der Waals surface area (Å²) in [6.07, 6.45) is 3.99. The number of dihydropyridines is 1. The summed E-state index contributed by atoms with van der Waals surface area (Å²) in [6.45, 7) is 5.54. The lowest BCUT2D eigenvalue weighted by molar-refractivity contribution is 0.155. The Labute approximate surface area is 253 Å². The average molecular weight is 562 g/mol. The molecule has 212 valence electrons. The molecule has 4 aromatic rings. The van der Waals surface area contributed by atoms with Gasteiger partial charge in [-0.3, -0.25) is 0 Å². The Balaban J connectivity index is 1.43. The quantitative estimate of drug-likeness (QED) is 0.282. The van der Waals surface area contributed by atoms with Crippen molar-refractivity contribution >= 4 is 22.8 Å². The molecule has 0 amide bonds. The zero-order chi connectivity index (χ0) is 29.1. The number of allylic oxidation sites excluding steroid dienone is 3. The molecule has 8 rings (SSSR count). The van der Waals surface area contributed by atoms with E-state index in [1.54, 1.807) is 0 Å². The molecular formula is C38H35N5. The molecule has 0 saturated carbocycles. The van der Waals surface area contributed by atoms with Crippen LogP contribution in [0.3, 0.4) is 0 Å². The summed E-state index contributed by atoms with van der Waals surface area (Å²) in [4.78, 5) is 10.4. The first kappa shape index (κ1) is 25.8. The summed E-state index contributed by atoms with van der Waals surface area (Å²) >= 11 is 0. The molecule has 1 aliphatic carbocycles. The number of nitrogens with one attached hydrogen (secondary N) is 2. The Bertz CT molecular complexity index is 1850. The van der Waals surface area contributed by atoms with Crippen molar-refractivity contribution in [3.8, 4) is 0 Å². The number of anilines is 1. The van der Waals surface area contributed by atoms with Crippen LogP contribution in [0, 0.1) is 0 Å². The van der Waals surface area contributed by atoms with Crippen molar-refractivity contribution in [1.82, 2.24) is 15.5 Å². The maximum atomic E-state index is 5.54. The molecule has 0 fully saturated rings. The maximum absolute atomic E-state index is 5.54. The van der Waals surface area contributed by atoms with Crippen LogP contribution in [0.15, 0.2) is 138 Å². The molecule has 3 heterocycles. The van der Waals surface area contributed by atoms with Crippen LogP contribution in [0.2, 0.25) is 0 Å². The fourth-order valence-electron chi connectivity index (χ4n) is 7.34. The van der Waals surface area contributed by atoms with Crippen LogP contribution >= 0.6 is 0 Å². The van der Waals surface area contributed by atoms with Crippen LogP contribution in [-0.2, 0) is 5.41 Å². The second-order valence-corrected chi connectivity index (χ2v) is 12.2. The van der Waals surface area contributed by atoms with Gasteiger partial charge < -0.3 is 15.5 Å². The van der Waals surface area contributed by atoms with Gasteiger partial charge >= 0.3 is 0 Å². The lowest BCUT2D eigenvalue weighted by Gasteiger charge is -2.45. The predicted molar refractivity (Wildman–Crippen MR) is 176 cm³/mol. The van der Waals surface area contributed by atoms with Crippen molar-refractivity contribution in [2.45, 2.75) is 31.7 Å². The molecule has 5 heteroatoms. The number of para-hydroxylation sites is 1. The molecule has 43 heavy (non-hydrogen) atoms. The van der Waals surface area contributed by atoms with E-state index in [1.165, 1.54) is 50.4 Å². The van der Waals surface area contributed by atoms with E-state index in [2.05, 4.69) is 163 Å². The summed E-state index contributed by atoms with van der Waals surface area (Å²) < 4.78 is 0. The molecule has 0 bridgehead atoms. The molecular weight excluding hydrogens is 526 g/mol. The van der Waals surface area contributed by atoms with Crippen LogP contribution in [0.5, 0.6) is 0 Å². The predicted octanol–water partition coefficient (Wildman–Crippen LogP) is 7.04. The third kappa shape index (κ3) is 3.92. The number of benzene rings is 4. The highest BCUT2D eigenvalue weighted by Crippen LogP contribution is 2.56. The van der Waals surface area contributed by atoms with Crippen molar-refractivity contribution < 1.29 is 0 Å². The third-order valence-corrected chi connectivity index (χ3v) is 9.37. The standard InChI is InChI=1S/C38H35N5/c1-38(2)31-20-12-10-19-29(31)34-33(38)28-22-23-39-24-30(28)27-18-11-13-21-32(27)43(34)37-41-35(25-14-6-4-7-15-25)40-36(42(37)3)26-16-8-5-9-17-26/h4-23,36-37,39H,24H2,1-3H3,(H,40,41)/t36-,37?/m1/s1. The minimum atomic E-state index is -0.312. The van der Waals surface area contributed by atoms with E-state index in [9.17, 15) is 0 Å². The maximum Gasteiger partial charge on any atom is 0.186 e. The number of rotatable bonds is 3. The van der Waals surface area contributed by atoms with E-state index in [-0.39, 0.29) is 17.9 Å². The Morgan fingerprint density at radius 3 is 2.26 bits per heavy atom. The van der Waals surface area contributed by atoms with Crippen molar-refractivity contribution in [3.63, 3.8) is 0 Å². The van der Waals surface area contributed by atoms with Gasteiger partial charge in [-0.05, 0) is 53.2 Å². The lowest BCUT2D eigenvalue weighted by atomic mass is 9.76. The minimum absolute atomic E-state index is 0.0767. The number of hydrogen-bond acceptors (Lipinski definition) is 5. The van der Waals surface area contributed by atoms with E-state index in [0.29, 0.717) is 0 Å². The van der Waals surface area contributed by atoms with Crippen molar-refractivity contribution in [3.05, 3.63) is 160 Å². The smallest absolute Gasteiger partial charge is 0.186 e. The highest BCUT2D eigenvalue weighted by atomic mass is 15.5. The number of aliphatic imine (C=N–C) groups is 1. The van der Waals surface area contributed by atoms with Crippen LogP contribution in [0.1, 0.15) is 47.8 Å². The van der Waals surface area contributed by atoms with Crippen LogP contribution < -0.4 is 15.5 Å². The van der Waals surface area contributed by atoms with Gasteiger partial charge in [-0.25, -0.2) is 9.89 Å². The lowest BCUT2D eigenvalue weighted by Crippen LogP contribution is -2.55. The van der Waals surface area contributed by atoms with Gasteiger partial charge in [-0.1, -0.05) is 117 Å². The number of fused-ring (bicyclic) bond motifs is 5. The normalized spacial score (nSPS) is 22.0.